The molecule has 0 bridgehead atoms. The van der Waals surface area contributed by atoms with Crippen molar-refractivity contribution in [2.75, 3.05) is 19.7 Å². The van der Waals surface area contributed by atoms with Gasteiger partial charge in [0.05, 0.1) is 12.1 Å². The summed E-state index contributed by atoms with van der Waals surface area (Å²) in [6.07, 6.45) is 0.957. The van der Waals surface area contributed by atoms with E-state index in [1.54, 1.807) is 41.3 Å². The van der Waals surface area contributed by atoms with Crippen molar-refractivity contribution >= 4 is 17.5 Å². The third-order valence-corrected chi connectivity index (χ3v) is 5.96. The minimum Gasteiger partial charge on any atom is -0.484 e. The maximum Gasteiger partial charge on any atom is 0.260 e. The molecule has 1 amide bonds. The Morgan fingerprint density at radius 3 is 2.52 bits per heavy atom. The number of halogens is 2. The van der Waals surface area contributed by atoms with Gasteiger partial charge in [0.15, 0.2) is 6.61 Å². The molecule has 1 saturated heterocycles. The van der Waals surface area contributed by atoms with Crippen LogP contribution in [0.1, 0.15) is 32.3 Å². The van der Waals surface area contributed by atoms with E-state index in [4.69, 9.17) is 16.3 Å². The Labute approximate surface area is 188 Å². The summed E-state index contributed by atoms with van der Waals surface area (Å²) < 4.78 is 18.9. The summed E-state index contributed by atoms with van der Waals surface area (Å²) >= 11 is 5.89. The second-order valence-electron chi connectivity index (χ2n) is 8.12. The predicted molar refractivity (Wildman–Crippen MR) is 120 cm³/mol. The molecule has 7 heteroatoms. The van der Waals surface area contributed by atoms with Crippen LogP contribution < -0.4 is 4.74 Å². The van der Waals surface area contributed by atoms with Gasteiger partial charge in [-0.05, 0) is 55.3 Å². The molecule has 0 saturated carbocycles. The summed E-state index contributed by atoms with van der Waals surface area (Å²) in [7, 11) is 0. The Balaban J connectivity index is 1.68. The quantitative estimate of drug-likeness (QED) is 0.660. The number of nitrogens with zero attached hydrogens (tertiary/aromatic N) is 2. The average Bonchev–Trinajstić information content (AvgIpc) is 2.75. The number of aliphatic hydroxyl groups is 1. The summed E-state index contributed by atoms with van der Waals surface area (Å²) in [6, 6.07) is 13.1. The normalized spacial score (nSPS) is 20.5. The van der Waals surface area contributed by atoms with Crippen molar-refractivity contribution in [1.29, 1.82) is 0 Å². The molecular formula is C24H30ClFN2O3. The number of hydrogen-bond donors (Lipinski definition) is 1. The van der Waals surface area contributed by atoms with Crippen LogP contribution in [0.3, 0.4) is 0 Å². The number of carbonyl (C=O) groups excluding carboxylic acids is 1. The first-order chi connectivity index (χ1) is 14.9. The van der Waals surface area contributed by atoms with E-state index in [9.17, 15) is 14.3 Å². The van der Waals surface area contributed by atoms with Gasteiger partial charge in [-0.3, -0.25) is 9.69 Å². The highest BCUT2D eigenvalue weighted by Gasteiger charge is 2.37. The largest absolute Gasteiger partial charge is 0.484 e. The van der Waals surface area contributed by atoms with E-state index in [-0.39, 0.29) is 30.4 Å². The number of amides is 1. The molecule has 5 nitrogen and oxygen atoms in total. The second kappa shape index (κ2) is 10.9. The molecule has 1 unspecified atom stereocenters. The Bertz CT molecular complexity index is 847. The van der Waals surface area contributed by atoms with Crippen LogP contribution in [0.5, 0.6) is 5.75 Å². The van der Waals surface area contributed by atoms with Gasteiger partial charge in [0.25, 0.3) is 5.91 Å². The monoisotopic (exact) mass is 448 g/mol. The van der Waals surface area contributed by atoms with Gasteiger partial charge in [0, 0.05) is 30.7 Å². The molecule has 1 aliphatic rings. The van der Waals surface area contributed by atoms with Crippen molar-refractivity contribution in [2.24, 2.45) is 0 Å². The fraction of sp³-hybridized carbons (Fsp3) is 0.458. The molecule has 2 aromatic carbocycles. The summed E-state index contributed by atoms with van der Waals surface area (Å²) in [5.74, 6) is 0.205. The van der Waals surface area contributed by atoms with Crippen molar-refractivity contribution in [1.82, 2.24) is 9.80 Å². The third kappa shape index (κ3) is 6.42. The van der Waals surface area contributed by atoms with Crippen LogP contribution >= 0.6 is 11.6 Å². The van der Waals surface area contributed by atoms with Gasteiger partial charge in [-0.1, -0.05) is 37.1 Å². The highest BCUT2D eigenvalue weighted by atomic mass is 35.5. The smallest absolute Gasteiger partial charge is 0.260 e. The Hall–Kier alpha value is -2.15. The maximum atomic E-state index is 13.3. The van der Waals surface area contributed by atoms with Gasteiger partial charge >= 0.3 is 0 Å². The zero-order chi connectivity index (χ0) is 22.4. The van der Waals surface area contributed by atoms with Crippen molar-refractivity contribution < 1.29 is 19.0 Å². The number of carbonyl (C=O) groups is 1. The first-order valence-corrected chi connectivity index (χ1v) is 11.1. The number of rotatable bonds is 8. The van der Waals surface area contributed by atoms with Gasteiger partial charge in [-0.2, -0.15) is 0 Å². The van der Waals surface area contributed by atoms with E-state index in [1.165, 1.54) is 12.1 Å². The topological polar surface area (TPSA) is 53.0 Å². The molecule has 168 valence electrons. The number of benzene rings is 2. The van der Waals surface area contributed by atoms with E-state index in [1.807, 2.05) is 13.8 Å². The molecule has 31 heavy (non-hydrogen) atoms. The van der Waals surface area contributed by atoms with Crippen molar-refractivity contribution in [3.63, 3.8) is 0 Å². The highest BCUT2D eigenvalue weighted by molar-refractivity contribution is 6.30. The van der Waals surface area contributed by atoms with Gasteiger partial charge < -0.3 is 14.7 Å². The van der Waals surface area contributed by atoms with Crippen LogP contribution in [0.4, 0.5) is 4.39 Å². The number of ether oxygens (including phenoxy) is 1. The lowest BCUT2D eigenvalue weighted by atomic mass is 9.98. The van der Waals surface area contributed by atoms with E-state index in [0.29, 0.717) is 36.8 Å². The summed E-state index contributed by atoms with van der Waals surface area (Å²) in [5, 5.41) is 11.4. The molecule has 3 atom stereocenters. The van der Waals surface area contributed by atoms with Crippen LogP contribution in [0.2, 0.25) is 5.02 Å². The molecule has 0 spiro atoms. The molecule has 1 N–H and O–H groups in total. The molecule has 1 heterocycles. The molecule has 0 radical (unpaired) electrons. The van der Waals surface area contributed by atoms with Crippen LogP contribution in [-0.4, -0.2) is 58.7 Å². The van der Waals surface area contributed by atoms with Crippen LogP contribution in [0.25, 0.3) is 0 Å². The van der Waals surface area contributed by atoms with Crippen LogP contribution in [0.15, 0.2) is 48.5 Å². The van der Waals surface area contributed by atoms with Crippen LogP contribution in [-0.2, 0) is 11.3 Å². The lowest BCUT2D eigenvalue weighted by Crippen LogP contribution is -2.62. The second-order valence-corrected chi connectivity index (χ2v) is 8.55. The van der Waals surface area contributed by atoms with Gasteiger partial charge in [0.1, 0.15) is 11.6 Å². The first-order valence-electron chi connectivity index (χ1n) is 10.7. The number of hydrogen-bond acceptors (Lipinski definition) is 4. The molecule has 0 aromatic heterocycles. The molecule has 2 aromatic rings. The number of aliphatic hydroxyl groups excluding tert-OH is 1. The fourth-order valence-electron chi connectivity index (χ4n) is 4.04. The summed E-state index contributed by atoms with van der Waals surface area (Å²) in [6.45, 7) is 5.60. The van der Waals surface area contributed by atoms with Crippen LogP contribution in [0, 0.1) is 5.82 Å². The molecular weight excluding hydrogens is 419 g/mol. The van der Waals surface area contributed by atoms with Gasteiger partial charge in [0.2, 0.25) is 0 Å². The van der Waals surface area contributed by atoms with E-state index in [2.05, 4.69) is 4.90 Å². The molecule has 0 aliphatic carbocycles. The fourth-order valence-corrected chi connectivity index (χ4v) is 4.16. The van der Waals surface area contributed by atoms with Gasteiger partial charge in [-0.15, -0.1) is 0 Å². The van der Waals surface area contributed by atoms with Crippen molar-refractivity contribution in [3.8, 4) is 5.75 Å². The van der Waals surface area contributed by atoms with E-state index in [0.717, 1.165) is 12.0 Å². The predicted octanol–water partition coefficient (Wildman–Crippen LogP) is 4.12. The van der Waals surface area contributed by atoms with Gasteiger partial charge in [-0.25, -0.2) is 4.39 Å². The lowest BCUT2D eigenvalue weighted by molar-refractivity contribution is -0.142. The zero-order valence-electron chi connectivity index (χ0n) is 18.0. The average molecular weight is 449 g/mol. The highest BCUT2D eigenvalue weighted by Crippen LogP contribution is 2.23. The third-order valence-electron chi connectivity index (χ3n) is 5.71. The standard InChI is InChI=1S/C24H30ClFN2O3/c1-3-4-23(29)22-15-28(24(30)16-31-21-11-7-19(25)8-12-21)17(2)13-27(22)14-18-5-9-20(26)10-6-18/h5-12,17,22-23,29H,3-4,13-16H2,1-2H3/t17-,22-,23?/m1/s1. The van der Waals surface area contributed by atoms with Crippen molar-refractivity contribution in [2.45, 2.75) is 51.4 Å². The summed E-state index contributed by atoms with van der Waals surface area (Å²) in [5.41, 5.74) is 0.980. The number of piperazine rings is 1. The maximum absolute atomic E-state index is 13.3. The first kappa shape index (κ1) is 23.5. The Morgan fingerprint density at radius 1 is 1.19 bits per heavy atom. The van der Waals surface area contributed by atoms with E-state index >= 15 is 0 Å². The SMILES string of the molecule is CCCC(O)[C@H]1CN(C(=O)COc2ccc(Cl)cc2)[C@H](C)CN1Cc1ccc(F)cc1. The molecule has 1 fully saturated rings. The zero-order valence-corrected chi connectivity index (χ0v) is 18.8. The lowest BCUT2D eigenvalue weighted by Gasteiger charge is -2.47. The summed E-state index contributed by atoms with van der Waals surface area (Å²) in [4.78, 5) is 16.9. The minimum absolute atomic E-state index is 0.0353. The van der Waals surface area contributed by atoms with E-state index < -0.39 is 6.10 Å². The molecule has 3 rings (SSSR count). The minimum atomic E-state index is -0.551. The molecule has 1 aliphatic heterocycles. The Morgan fingerprint density at radius 2 is 1.87 bits per heavy atom. The Kier molecular flexibility index (Phi) is 8.29. The van der Waals surface area contributed by atoms with Crippen molar-refractivity contribution in [3.05, 3.63) is 64.9 Å².